The van der Waals surface area contributed by atoms with Crippen molar-refractivity contribution in [2.24, 2.45) is 0 Å². The third-order valence-electron chi connectivity index (χ3n) is 3.58. The molecule has 0 spiro atoms. The average Bonchev–Trinajstić information content (AvgIpc) is 2.94. The fraction of sp³-hybridized carbons (Fsp3) is 0.357. The topological polar surface area (TPSA) is 51.5 Å². The van der Waals surface area contributed by atoms with Crippen molar-refractivity contribution in [1.29, 1.82) is 0 Å². The molecule has 100 valence electrons. The van der Waals surface area contributed by atoms with Gasteiger partial charge >= 0.3 is 5.97 Å². The Morgan fingerprint density at radius 2 is 2.37 bits per heavy atom. The number of ether oxygens (including phenoxy) is 1. The number of halogens is 1. The van der Waals surface area contributed by atoms with E-state index in [1.165, 1.54) is 0 Å². The molecule has 1 aliphatic heterocycles. The molecule has 1 N–H and O–H groups in total. The Morgan fingerprint density at radius 3 is 3.05 bits per heavy atom. The number of alkyl halides is 1. The van der Waals surface area contributed by atoms with Crippen LogP contribution in [-0.4, -0.2) is 28.1 Å². The number of phenols is 1. The highest BCUT2D eigenvalue weighted by Crippen LogP contribution is 2.40. The Labute approximate surface area is 115 Å². The van der Waals surface area contributed by atoms with Gasteiger partial charge in [0.2, 0.25) is 0 Å². The second-order valence-electron chi connectivity index (χ2n) is 4.65. The zero-order valence-electron chi connectivity index (χ0n) is 10.5. The minimum atomic E-state index is -0.362. The van der Waals surface area contributed by atoms with Crippen LogP contribution in [0, 0.1) is 0 Å². The molecule has 0 fully saturated rings. The molecular weight excluding hydrogens is 266 g/mol. The average molecular weight is 280 g/mol. The predicted molar refractivity (Wildman–Crippen MR) is 73.0 cm³/mol. The maximum absolute atomic E-state index is 12.0. The Hall–Kier alpha value is -1.68. The van der Waals surface area contributed by atoms with E-state index in [0.717, 1.165) is 11.1 Å². The van der Waals surface area contributed by atoms with Crippen LogP contribution < -0.4 is 0 Å². The van der Waals surface area contributed by atoms with Crippen LogP contribution in [0.4, 0.5) is 0 Å². The molecule has 1 aliphatic rings. The summed E-state index contributed by atoms with van der Waals surface area (Å²) in [5.74, 6) is 0.482. The molecule has 0 aliphatic carbocycles. The molecule has 1 unspecified atom stereocenters. The van der Waals surface area contributed by atoms with Gasteiger partial charge in [0.15, 0.2) is 0 Å². The summed E-state index contributed by atoms with van der Waals surface area (Å²) in [6, 6.07) is 5.22. The summed E-state index contributed by atoms with van der Waals surface area (Å²) in [7, 11) is 0. The predicted octanol–water partition coefficient (Wildman–Crippen LogP) is 2.86. The van der Waals surface area contributed by atoms with Crippen LogP contribution >= 0.6 is 11.6 Å². The maximum Gasteiger partial charge on any atom is 0.354 e. The van der Waals surface area contributed by atoms with E-state index < -0.39 is 0 Å². The third-order valence-corrected chi connectivity index (χ3v) is 3.95. The number of benzene rings is 1. The number of hydrogen-bond acceptors (Lipinski definition) is 3. The lowest BCUT2D eigenvalue weighted by Gasteiger charge is -2.08. The molecule has 1 atom stereocenters. The van der Waals surface area contributed by atoms with Crippen molar-refractivity contribution >= 4 is 28.5 Å². The van der Waals surface area contributed by atoms with Crippen LogP contribution in [-0.2, 0) is 11.3 Å². The van der Waals surface area contributed by atoms with Crippen molar-refractivity contribution < 1.29 is 14.6 Å². The molecule has 5 heteroatoms. The van der Waals surface area contributed by atoms with Crippen LogP contribution in [0.2, 0.25) is 0 Å². The summed E-state index contributed by atoms with van der Waals surface area (Å²) in [6.45, 7) is 2.76. The number of phenolic OH excluding ortho intramolecular Hbond substituents is 1. The van der Waals surface area contributed by atoms with Gasteiger partial charge in [-0.1, -0.05) is 6.07 Å². The summed E-state index contributed by atoms with van der Waals surface area (Å²) in [5.41, 5.74) is 2.46. The second kappa shape index (κ2) is 4.46. The monoisotopic (exact) mass is 279 g/mol. The molecular formula is C14H14ClNO3. The molecule has 1 aromatic heterocycles. The van der Waals surface area contributed by atoms with Gasteiger partial charge in [-0.25, -0.2) is 4.79 Å². The Bertz CT molecular complexity index is 662. The standard InChI is InChI=1S/C14H14ClNO3/c1-2-19-14(18)11-5-10-12(17)4-3-9-8(6-15)7-16(11)13(9)10/h3-5,8,17H,2,6-7H2,1H3. The lowest BCUT2D eigenvalue weighted by Crippen LogP contribution is -2.12. The number of nitrogens with zero attached hydrogens (tertiary/aromatic N) is 1. The molecule has 0 amide bonds. The summed E-state index contributed by atoms with van der Waals surface area (Å²) in [6.07, 6.45) is 0. The Balaban J connectivity index is 2.23. The van der Waals surface area contributed by atoms with Crippen molar-refractivity contribution in [1.82, 2.24) is 4.57 Å². The van der Waals surface area contributed by atoms with Crippen molar-refractivity contribution in [2.75, 3.05) is 12.5 Å². The van der Waals surface area contributed by atoms with E-state index in [4.69, 9.17) is 16.3 Å². The first-order valence-electron chi connectivity index (χ1n) is 6.25. The van der Waals surface area contributed by atoms with E-state index in [-0.39, 0.29) is 17.6 Å². The van der Waals surface area contributed by atoms with Gasteiger partial charge in [0.05, 0.1) is 12.1 Å². The summed E-state index contributed by atoms with van der Waals surface area (Å²) in [5, 5.41) is 10.6. The van der Waals surface area contributed by atoms with Crippen molar-refractivity contribution in [2.45, 2.75) is 19.4 Å². The van der Waals surface area contributed by atoms with Gasteiger partial charge in [-0.2, -0.15) is 0 Å². The van der Waals surface area contributed by atoms with E-state index in [2.05, 4.69) is 0 Å². The van der Waals surface area contributed by atoms with Gasteiger partial charge in [0.25, 0.3) is 0 Å². The van der Waals surface area contributed by atoms with Gasteiger partial charge in [-0.3, -0.25) is 0 Å². The number of hydrogen-bond donors (Lipinski definition) is 1. The van der Waals surface area contributed by atoms with Crippen molar-refractivity contribution in [3.8, 4) is 5.75 Å². The van der Waals surface area contributed by atoms with E-state index in [1.807, 2.05) is 10.6 Å². The lowest BCUT2D eigenvalue weighted by molar-refractivity contribution is 0.0514. The summed E-state index contributed by atoms with van der Waals surface area (Å²) < 4.78 is 6.96. The smallest absolute Gasteiger partial charge is 0.354 e. The molecule has 3 rings (SSSR count). The van der Waals surface area contributed by atoms with Gasteiger partial charge < -0.3 is 14.4 Å². The van der Waals surface area contributed by atoms with E-state index in [0.29, 0.717) is 30.1 Å². The van der Waals surface area contributed by atoms with Gasteiger partial charge in [0.1, 0.15) is 11.4 Å². The SMILES string of the molecule is CCOC(=O)c1cc2c(O)ccc3c2n1CC3CCl. The first-order valence-corrected chi connectivity index (χ1v) is 6.79. The number of aromatic nitrogens is 1. The molecule has 0 radical (unpaired) electrons. The quantitative estimate of drug-likeness (QED) is 0.694. The fourth-order valence-corrected chi connectivity index (χ4v) is 3.00. The highest BCUT2D eigenvalue weighted by atomic mass is 35.5. The summed E-state index contributed by atoms with van der Waals surface area (Å²) >= 11 is 5.98. The number of aromatic hydroxyl groups is 1. The van der Waals surface area contributed by atoms with Crippen LogP contribution in [0.5, 0.6) is 5.75 Å². The fourth-order valence-electron chi connectivity index (χ4n) is 2.74. The normalized spacial score (nSPS) is 17.1. The zero-order valence-corrected chi connectivity index (χ0v) is 11.3. The molecule has 19 heavy (non-hydrogen) atoms. The van der Waals surface area contributed by atoms with E-state index in [1.54, 1.807) is 19.1 Å². The highest BCUT2D eigenvalue weighted by molar-refractivity contribution is 6.18. The van der Waals surface area contributed by atoms with E-state index >= 15 is 0 Å². The highest BCUT2D eigenvalue weighted by Gasteiger charge is 2.30. The molecule has 2 heterocycles. The molecule has 0 saturated carbocycles. The Kier molecular flexibility index (Phi) is 2.90. The molecule has 0 bridgehead atoms. The van der Waals surface area contributed by atoms with Crippen molar-refractivity contribution in [3.05, 3.63) is 29.5 Å². The minimum absolute atomic E-state index is 0.175. The maximum atomic E-state index is 12.0. The largest absolute Gasteiger partial charge is 0.507 e. The zero-order chi connectivity index (χ0) is 13.6. The van der Waals surface area contributed by atoms with E-state index in [9.17, 15) is 9.90 Å². The van der Waals surface area contributed by atoms with Gasteiger partial charge in [-0.05, 0) is 24.6 Å². The van der Waals surface area contributed by atoms with Crippen LogP contribution in [0.3, 0.4) is 0 Å². The van der Waals surface area contributed by atoms with Gasteiger partial charge in [-0.15, -0.1) is 11.6 Å². The second-order valence-corrected chi connectivity index (χ2v) is 4.96. The first kappa shape index (κ1) is 12.4. The molecule has 4 nitrogen and oxygen atoms in total. The van der Waals surface area contributed by atoms with Crippen LogP contribution in [0.15, 0.2) is 18.2 Å². The third kappa shape index (κ3) is 1.70. The molecule has 1 aromatic carbocycles. The number of carbonyl (C=O) groups is 1. The lowest BCUT2D eigenvalue weighted by atomic mass is 10.0. The molecule has 0 saturated heterocycles. The number of esters is 1. The van der Waals surface area contributed by atoms with Gasteiger partial charge in [0, 0.05) is 23.7 Å². The van der Waals surface area contributed by atoms with Crippen molar-refractivity contribution in [3.63, 3.8) is 0 Å². The summed E-state index contributed by atoms with van der Waals surface area (Å²) in [4.78, 5) is 12.0. The van der Waals surface area contributed by atoms with Crippen LogP contribution in [0.1, 0.15) is 28.9 Å². The number of rotatable bonds is 3. The minimum Gasteiger partial charge on any atom is -0.507 e. The number of carbonyl (C=O) groups excluding carboxylic acids is 1. The first-order chi connectivity index (χ1) is 9.17. The van der Waals surface area contributed by atoms with Crippen LogP contribution in [0.25, 0.3) is 10.9 Å². The Morgan fingerprint density at radius 1 is 1.58 bits per heavy atom. The molecule has 2 aromatic rings.